The van der Waals surface area contributed by atoms with Gasteiger partial charge >= 0.3 is 5.97 Å². The Hall–Kier alpha value is -2.53. The molecule has 1 fully saturated rings. The first-order valence-electron chi connectivity index (χ1n) is 10.8. The van der Waals surface area contributed by atoms with Crippen LogP contribution in [0.15, 0.2) is 36.4 Å². The number of carboxylic acids is 1. The van der Waals surface area contributed by atoms with E-state index in [1.54, 1.807) is 25.3 Å². The molecule has 2 aromatic carbocycles. The fourth-order valence-corrected chi connectivity index (χ4v) is 5.69. The van der Waals surface area contributed by atoms with Crippen LogP contribution in [0.4, 0.5) is 0 Å². The van der Waals surface area contributed by atoms with Gasteiger partial charge in [0.1, 0.15) is 17.1 Å². The molecule has 2 aromatic rings. The summed E-state index contributed by atoms with van der Waals surface area (Å²) < 4.78 is 18.8. The molecule has 2 aliphatic heterocycles. The molecular formula is C25H28O5. The number of ether oxygens (including phenoxy) is 3. The maximum Gasteiger partial charge on any atom is 0.335 e. The second-order valence-electron chi connectivity index (χ2n) is 9.23. The highest BCUT2D eigenvalue weighted by Gasteiger charge is 2.51. The molecule has 0 bridgehead atoms. The molecular weight excluding hydrogens is 380 g/mol. The van der Waals surface area contributed by atoms with Gasteiger partial charge in [-0.25, -0.2) is 4.79 Å². The number of benzene rings is 2. The summed E-state index contributed by atoms with van der Waals surface area (Å²) >= 11 is 0. The highest BCUT2D eigenvalue weighted by molar-refractivity contribution is 5.88. The minimum absolute atomic E-state index is 0.106. The van der Waals surface area contributed by atoms with Crippen LogP contribution >= 0.6 is 0 Å². The number of rotatable bonds is 2. The third-order valence-electron chi connectivity index (χ3n) is 7.18. The fourth-order valence-electron chi connectivity index (χ4n) is 5.69. The molecule has 0 unspecified atom stereocenters. The van der Waals surface area contributed by atoms with Gasteiger partial charge in [0, 0.05) is 17.4 Å². The van der Waals surface area contributed by atoms with Crippen molar-refractivity contribution in [1.29, 1.82) is 0 Å². The molecule has 4 atom stereocenters. The van der Waals surface area contributed by atoms with Crippen molar-refractivity contribution >= 4 is 5.97 Å². The average Bonchev–Trinajstić information content (AvgIpc) is 2.91. The molecule has 1 aliphatic carbocycles. The number of carboxylic acid groups (broad SMARTS) is 1. The number of methoxy groups -OCH3 is 1. The Bertz CT molecular complexity index is 995. The van der Waals surface area contributed by atoms with E-state index in [0.717, 1.165) is 42.7 Å². The van der Waals surface area contributed by atoms with Crippen molar-refractivity contribution in [1.82, 2.24) is 0 Å². The summed E-state index contributed by atoms with van der Waals surface area (Å²) in [5, 5.41) is 9.47. The second-order valence-corrected chi connectivity index (χ2v) is 9.23. The molecule has 3 aliphatic rings. The van der Waals surface area contributed by atoms with Crippen LogP contribution in [0.2, 0.25) is 0 Å². The summed E-state index contributed by atoms with van der Waals surface area (Å²) in [5.74, 6) is 1.19. The van der Waals surface area contributed by atoms with Gasteiger partial charge in [-0.3, -0.25) is 0 Å². The van der Waals surface area contributed by atoms with E-state index in [4.69, 9.17) is 14.2 Å². The zero-order valence-electron chi connectivity index (χ0n) is 17.7. The normalized spacial score (nSPS) is 28.6. The summed E-state index contributed by atoms with van der Waals surface area (Å²) in [6.07, 6.45) is 3.92. The summed E-state index contributed by atoms with van der Waals surface area (Å²) in [6, 6.07) is 11.5. The van der Waals surface area contributed by atoms with E-state index in [9.17, 15) is 9.90 Å². The third-order valence-corrected chi connectivity index (χ3v) is 7.18. The molecule has 0 aromatic heterocycles. The Morgan fingerprint density at radius 3 is 2.80 bits per heavy atom. The molecule has 0 spiro atoms. The number of fused-ring (bicyclic) bond motifs is 6. The fraction of sp³-hybridized carbons (Fsp3) is 0.480. The van der Waals surface area contributed by atoms with Crippen LogP contribution < -0.4 is 9.47 Å². The lowest BCUT2D eigenvalue weighted by molar-refractivity contribution is -0.159. The van der Waals surface area contributed by atoms with Gasteiger partial charge in [0.25, 0.3) is 0 Å². The van der Waals surface area contributed by atoms with E-state index in [1.807, 2.05) is 6.07 Å². The largest absolute Gasteiger partial charge is 0.496 e. The van der Waals surface area contributed by atoms with Gasteiger partial charge in [0.15, 0.2) is 0 Å². The minimum atomic E-state index is -0.927. The van der Waals surface area contributed by atoms with Gasteiger partial charge < -0.3 is 19.3 Å². The number of hydrogen-bond donors (Lipinski definition) is 1. The molecule has 158 valence electrons. The summed E-state index contributed by atoms with van der Waals surface area (Å²) in [7, 11) is 1.74. The van der Waals surface area contributed by atoms with Crippen LogP contribution in [0.25, 0.3) is 0 Å². The predicted octanol–water partition coefficient (Wildman–Crippen LogP) is 5.13. The lowest BCUT2D eigenvalue weighted by Crippen LogP contribution is -2.50. The zero-order valence-corrected chi connectivity index (χ0v) is 17.7. The van der Waals surface area contributed by atoms with Crippen molar-refractivity contribution in [3.05, 3.63) is 58.7 Å². The molecule has 1 N–H and O–H groups in total. The summed E-state index contributed by atoms with van der Waals surface area (Å²) in [4.78, 5) is 11.6. The third kappa shape index (κ3) is 2.99. The first-order chi connectivity index (χ1) is 14.4. The SMILES string of the molecule is COc1cccc2c1CCC[C@H]1O[C@@H]3c4cc(C(=O)O)ccc4OC(C)(C)[C@H]3C[C@@H]21. The zero-order chi connectivity index (χ0) is 21.0. The molecule has 0 radical (unpaired) electrons. The van der Waals surface area contributed by atoms with Gasteiger partial charge in [0.2, 0.25) is 0 Å². The first-order valence-corrected chi connectivity index (χ1v) is 10.8. The van der Waals surface area contributed by atoms with Crippen molar-refractivity contribution < 1.29 is 24.1 Å². The van der Waals surface area contributed by atoms with Gasteiger partial charge in [0.05, 0.1) is 24.9 Å². The van der Waals surface area contributed by atoms with Gasteiger partial charge in [-0.1, -0.05) is 12.1 Å². The quantitative estimate of drug-likeness (QED) is 0.746. The number of aromatic carboxylic acids is 1. The van der Waals surface area contributed by atoms with Gasteiger partial charge in [-0.05, 0) is 74.9 Å². The van der Waals surface area contributed by atoms with Crippen molar-refractivity contribution in [2.45, 2.75) is 63.3 Å². The van der Waals surface area contributed by atoms with Crippen LogP contribution in [0.3, 0.4) is 0 Å². The molecule has 0 saturated carbocycles. The van der Waals surface area contributed by atoms with Gasteiger partial charge in [-0.15, -0.1) is 0 Å². The van der Waals surface area contributed by atoms with Crippen LogP contribution in [-0.2, 0) is 11.2 Å². The minimum Gasteiger partial charge on any atom is -0.496 e. The van der Waals surface area contributed by atoms with E-state index in [0.29, 0.717) is 0 Å². The lowest BCUT2D eigenvalue weighted by Gasteiger charge is -2.51. The Morgan fingerprint density at radius 2 is 2.03 bits per heavy atom. The number of carbonyl (C=O) groups is 1. The topological polar surface area (TPSA) is 65.0 Å². The molecule has 5 nitrogen and oxygen atoms in total. The molecule has 2 heterocycles. The molecule has 30 heavy (non-hydrogen) atoms. The maximum atomic E-state index is 11.6. The van der Waals surface area contributed by atoms with Crippen molar-refractivity contribution in [2.24, 2.45) is 5.92 Å². The second kappa shape index (κ2) is 7.02. The summed E-state index contributed by atoms with van der Waals surface area (Å²) in [6.45, 7) is 4.23. The molecule has 5 heteroatoms. The van der Waals surface area contributed by atoms with Crippen molar-refractivity contribution in [2.75, 3.05) is 7.11 Å². The Morgan fingerprint density at radius 1 is 1.20 bits per heavy atom. The van der Waals surface area contributed by atoms with Crippen LogP contribution in [-0.4, -0.2) is 29.9 Å². The Kier molecular flexibility index (Phi) is 4.55. The van der Waals surface area contributed by atoms with E-state index in [-0.39, 0.29) is 29.6 Å². The number of hydrogen-bond acceptors (Lipinski definition) is 4. The molecule has 0 amide bonds. The highest BCUT2D eigenvalue weighted by atomic mass is 16.5. The van der Waals surface area contributed by atoms with Gasteiger partial charge in [-0.2, -0.15) is 0 Å². The maximum absolute atomic E-state index is 11.6. The monoisotopic (exact) mass is 408 g/mol. The van der Waals surface area contributed by atoms with E-state index in [2.05, 4.69) is 26.0 Å². The smallest absolute Gasteiger partial charge is 0.335 e. The van der Waals surface area contributed by atoms with Crippen molar-refractivity contribution in [3.8, 4) is 11.5 Å². The Labute approximate surface area is 177 Å². The average molecular weight is 408 g/mol. The van der Waals surface area contributed by atoms with Crippen LogP contribution in [0.1, 0.15) is 72.2 Å². The Balaban J connectivity index is 1.58. The highest BCUT2D eigenvalue weighted by Crippen LogP contribution is 2.55. The van der Waals surface area contributed by atoms with Crippen molar-refractivity contribution in [3.63, 3.8) is 0 Å². The standard InChI is InChI=1S/C25H28O5/c1-25(2)19-13-17-15-6-4-8-20(28-3)16(15)7-5-9-21(17)29-23(19)18-12-14(24(26)27)10-11-22(18)30-25/h4,6,8,10-12,17,19,21,23H,5,7,9,13H2,1-3H3,(H,26,27)/t17-,19-,21+,23+/m0/s1. The van der Waals surface area contributed by atoms with E-state index < -0.39 is 11.6 Å². The summed E-state index contributed by atoms with van der Waals surface area (Å²) in [5.41, 5.74) is 3.37. The predicted molar refractivity (Wildman–Crippen MR) is 113 cm³/mol. The van der Waals surface area contributed by atoms with E-state index in [1.165, 1.54) is 11.1 Å². The lowest BCUT2D eigenvalue weighted by atomic mass is 9.70. The van der Waals surface area contributed by atoms with E-state index >= 15 is 0 Å². The first kappa shape index (κ1) is 19.4. The molecule has 5 rings (SSSR count). The van der Waals surface area contributed by atoms with Crippen LogP contribution in [0.5, 0.6) is 11.5 Å². The molecule has 1 saturated heterocycles. The van der Waals surface area contributed by atoms with Crippen LogP contribution in [0, 0.1) is 5.92 Å².